The molecule has 4 rings (SSSR count). The standard InChI is InChI=1S/C25H24FN3O2S/c1-5-28-24(30)23(32-25(28)27-20-11-9-19(26)10-12-20)14-18-13-16(2)29(17(18)3)21-7-6-8-22(15-21)31-4/h6-15H,5H2,1-4H3/b23-14-,27-25?. The number of methoxy groups -OCH3 is 1. The maximum Gasteiger partial charge on any atom is 0.266 e. The molecule has 2 heterocycles. The minimum atomic E-state index is -0.316. The number of ether oxygens (including phenoxy) is 1. The van der Waals surface area contributed by atoms with Crippen LogP contribution >= 0.6 is 11.8 Å². The van der Waals surface area contributed by atoms with Crippen molar-refractivity contribution in [1.29, 1.82) is 0 Å². The SMILES string of the molecule is CCN1C(=O)/C(=C/c2cc(C)n(-c3cccc(OC)c3)c2C)SC1=Nc1ccc(F)cc1. The maximum atomic E-state index is 13.2. The molecule has 0 saturated carbocycles. The number of hydrogen-bond acceptors (Lipinski definition) is 4. The normalized spacial score (nSPS) is 16.4. The molecule has 1 amide bonds. The monoisotopic (exact) mass is 449 g/mol. The topological polar surface area (TPSA) is 46.8 Å². The summed E-state index contributed by atoms with van der Waals surface area (Å²) in [5.41, 5.74) is 4.68. The number of nitrogens with zero attached hydrogens (tertiary/aromatic N) is 3. The van der Waals surface area contributed by atoms with Crippen molar-refractivity contribution in [2.24, 2.45) is 4.99 Å². The van der Waals surface area contributed by atoms with Crippen molar-refractivity contribution < 1.29 is 13.9 Å². The summed E-state index contributed by atoms with van der Waals surface area (Å²) in [6.07, 6.45) is 1.92. The number of amidine groups is 1. The Bertz CT molecular complexity index is 1230. The molecule has 0 atom stereocenters. The number of benzene rings is 2. The van der Waals surface area contributed by atoms with Crippen molar-refractivity contribution >= 4 is 34.6 Å². The van der Waals surface area contributed by atoms with Crippen molar-refractivity contribution in [3.8, 4) is 11.4 Å². The molecule has 0 spiro atoms. The Labute approximate surface area is 191 Å². The van der Waals surface area contributed by atoms with Gasteiger partial charge in [-0.2, -0.15) is 0 Å². The van der Waals surface area contributed by atoms with Crippen LogP contribution in [0.4, 0.5) is 10.1 Å². The summed E-state index contributed by atoms with van der Waals surface area (Å²) in [6, 6.07) is 15.9. The zero-order valence-corrected chi connectivity index (χ0v) is 19.2. The van der Waals surface area contributed by atoms with Crippen molar-refractivity contribution in [3.05, 3.63) is 82.3 Å². The number of rotatable bonds is 5. The molecule has 0 radical (unpaired) electrons. The molecule has 0 aliphatic carbocycles. The van der Waals surface area contributed by atoms with E-state index in [0.717, 1.165) is 28.4 Å². The molecule has 1 fully saturated rings. The molecule has 32 heavy (non-hydrogen) atoms. The van der Waals surface area contributed by atoms with Gasteiger partial charge in [0.1, 0.15) is 11.6 Å². The van der Waals surface area contributed by atoms with E-state index in [4.69, 9.17) is 4.74 Å². The van der Waals surface area contributed by atoms with Crippen molar-refractivity contribution in [2.45, 2.75) is 20.8 Å². The second-order valence-corrected chi connectivity index (χ2v) is 8.40. The van der Waals surface area contributed by atoms with E-state index >= 15 is 0 Å². The molecule has 7 heteroatoms. The van der Waals surface area contributed by atoms with Crippen LogP contribution < -0.4 is 4.74 Å². The van der Waals surface area contributed by atoms with E-state index < -0.39 is 0 Å². The molecule has 2 aromatic carbocycles. The number of aliphatic imine (C=N–C) groups is 1. The van der Waals surface area contributed by atoms with Crippen LogP contribution in [0.1, 0.15) is 23.9 Å². The van der Waals surface area contributed by atoms with Crippen LogP contribution in [0.25, 0.3) is 11.8 Å². The van der Waals surface area contributed by atoms with Gasteiger partial charge in [0.15, 0.2) is 5.17 Å². The van der Waals surface area contributed by atoms with E-state index in [0.29, 0.717) is 22.3 Å². The molecule has 164 valence electrons. The fourth-order valence-corrected chi connectivity index (χ4v) is 4.77. The molecular weight excluding hydrogens is 425 g/mol. The summed E-state index contributed by atoms with van der Waals surface area (Å²) in [5.74, 6) is 0.393. The highest BCUT2D eigenvalue weighted by atomic mass is 32.2. The summed E-state index contributed by atoms with van der Waals surface area (Å²) in [5, 5.41) is 0.594. The lowest BCUT2D eigenvalue weighted by Crippen LogP contribution is -2.28. The van der Waals surface area contributed by atoms with Crippen LogP contribution in [0.3, 0.4) is 0 Å². The van der Waals surface area contributed by atoms with Gasteiger partial charge >= 0.3 is 0 Å². The average Bonchev–Trinajstić information content (AvgIpc) is 3.24. The number of amides is 1. The van der Waals surface area contributed by atoms with E-state index in [9.17, 15) is 9.18 Å². The fraction of sp³-hybridized carbons (Fsp3) is 0.200. The molecule has 0 bridgehead atoms. The first-order valence-corrected chi connectivity index (χ1v) is 11.1. The largest absolute Gasteiger partial charge is 0.497 e. The third-order valence-corrected chi connectivity index (χ3v) is 6.33. The van der Waals surface area contributed by atoms with Gasteiger partial charge < -0.3 is 9.30 Å². The third kappa shape index (κ3) is 4.21. The molecule has 1 aliphatic heterocycles. The maximum absolute atomic E-state index is 13.2. The second-order valence-electron chi connectivity index (χ2n) is 7.39. The number of thioether (sulfide) groups is 1. The number of carbonyl (C=O) groups excluding carboxylic acids is 1. The van der Waals surface area contributed by atoms with E-state index in [1.54, 1.807) is 24.1 Å². The Morgan fingerprint density at radius 1 is 1.12 bits per heavy atom. The molecule has 3 aromatic rings. The van der Waals surface area contributed by atoms with Gasteiger partial charge in [0.2, 0.25) is 0 Å². The predicted octanol–water partition coefficient (Wildman–Crippen LogP) is 5.87. The van der Waals surface area contributed by atoms with Gasteiger partial charge in [0.25, 0.3) is 5.91 Å². The summed E-state index contributed by atoms with van der Waals surface area (Å²) in [6.45, 7) is 6.49. The molecule has 0 unspecified atom stereocenters. The minimum Gasteiger partial charge on any atom is -0.497 e. The van der Waals surface area contributed by atoms with Crippen LogP contribution in [0.5, 0.6) is 5.75 Å². The van der Waals surface area contributed by atoms with E-state index in [-0.39, 0.29) is 11.7 Å². The van der Waals surface area contributed by atoms with E-state index in [2.05, 4.69) is 15.6 Å². The lowest BCUT2D eigenvalue weighted by atomic mass is 10.2. The van der Waals surface area contributed by atoms with Gasteiger partial charge in [0, 0.05) is 29.7 Å². The molecular formula is C25H24FN3O2S. The number of likely N-dealkylation sites (N-methyl/N-ethyl adjacent to an activating group) is 1. The Morgan fingerprint density at radius 2 is 1.88 bits per heavy atom. The molecule has 1 saturated heterocycles. The first kappa shape index (κ1) is 21.9. The zero-order chi connectivity index (χ0) is 22.8. The Hall–Kier alpha value is -3.32. The highest BCUT2D eigenvalue weighted by Crippen LogP contribution is 2.35. The fourth-order valence-electron chi connectivity index (χ4n) is 3.72. The van der Waals surface area contributed by atoms with Crippen molar-refractivity contribution in [3.63, 3.8) is 0 Å². The molecule has 1 aliphatic rings. The number of halogens is 1. The average molecular weight is 450 g/mol. The van der Waals surface area contributed by atoms with Crippen molar-refractivity contribution in [2.75, 3.05) is 13.7 Å². The van der Waals surface area contributed by atoms with E-state index in [1.807, 2.05) is 51.1 Å². The van der Waals surface area contributed by atoms with Crippen molar-refractivity contribution in [1.82, 2.24) is 9.47 Å². The first-order chi connectivity index (χ1) is 15.4. The number of hydrogen-bond donors (Lipinski definition) is 0. The highest BCUT2D eigenvalue weighted by Gasteiger charge is 2.32. The third-order valence-electron chi connectivity index (χ3n) is 5.32. The van der Waals surface area contributed by atoms with Crippen LogP contribution in [-0.4, -0.2) is 34.2 Å². The van der Waals surface area contributed by atoms with Crippen LogP contribution in [0.15, 0.2) is 64.5 Å². The van der Waals surface area contributed by atoms with Crippen LogP contribution in [0, 0.1) is 19.7 Å². The lowest BCUT2D eigenvalue weighted by Gasteiger charge is -2.12. The Morgan fingerprint density at radius 3 is 2.56 bits per heavy atom. The molecule has 5 nitrogen and oxygen atoms in total. The number of carbonyl (C=O) groups is 1. The zero-order valence-electron chi connectivity index (χ0n) is 18.4. The summed E-state index contributed by atoms with van der Waals surface area (Å²) in [7, 11) is 1.65. The second kappa shape index (κ2) is 9.04. The molecule has 1 aromatic heterocycles. The lowest BCUT2D eigenvalue weighted by molar-refractivity contribution is -0.122. The van der Waals surface area contributed by atoms with Gasteiger partial charge in [0.05, 0.1) is 17.7 Å². The quantitative estimate of drug-likeness (QED) is 0.458. The number of aryl methyl sites for hydroxylation is 1. The highest BCUT2D eigenvalue weighted by molar-refractivity contribution is 8.18. The van der Waals surface area contributed by atoms with Gasteiger partial charge in [-0.15, -0.1) is 0 Å². The smallest absolute Gasteiger partial charge is 0.266 e. The summed E-state index contributed by atoms with van der Waals surface area (Å²) < 4.78 is 20.7. The van der Waals surface area contributed by atoms with Crippen LogP contribution in [-0.2, 0) is 4.79 Å². The summed E-state index contributed by atoms with van der Waals surface area (Å²) >= 11 is 1.34. The van der Waals surface area contributed by atoms with Gasteiger partial charge in [-0.1, -0.05) is 6.07 Å². The van der Waals surface area contributed by atoms with E-state index in [1.165, 1.54) is 23.9 Å². The van der Waals surface area contributed by atoms with Gasteiger partial charge in [-0.05, 0) is 86.6 Å². The van der Waals surface area contributed by atoms with Gasteiger partial charge in [-0.3, -0.25) is 9.69 Å². The summed E-state index contributed by atoms with van der Waals surface area (Å²) in [4.78, 5) is 19.8. The predicted molar refractivity (Wildman–Crippen MR) is 128 cm³/mol. The Kier molecular flexibility index (Phi) is 6.19. The number of aromatic nitrogens is 1. The van der Waals surface area contributed by atoms with Crippen LogP contribution in [0.2, 0.25) is 0 Å². The van der Waals surface area contributed by atoms with Gasteiger partial charge in [-0.25, -0.2) is 9.38 Å². The Balaban J connectivity index is 1.69. The molecule has 0 N–H and O–H groups in total. The first-order valence-electron chi connectivity index (χ1n) is 10.3. The minimum absolute atomic E-state index is 0.0791.